The number of allylic oxidation sites excluding steroid dienone is 1. The highest BCUT2D eigenvalue weighted by molar-refractivity contribution is 7.80. The molecule has 3 N–H and O–H groups in total. The first-order chi connectivity index (χ1) is 12.0. The molecule has 25 heavy (non-hydrogen) atoms. The van der Waals surface area contributed by atoms with Crippen molar-refractivity contribution in [1.82, 2.24) is 10.6 Å². The Bertz CT molecular complexity index is 878. The third-order valence-electron chi connectivity index (χ3n) is 4.09. The maximum absolute atomic E-state index is 13.0. The molecule has 0 bridgehead atoms. The average Bonchev–Trinajstić information content (AvgIpc) is 2.56. The minimum atomic E-state index is -0.364. The first-order valence-corrected chi connectivity index (χ1v) is 8.65. The van der Waals surface area contributed by atoms with Crippen LogP contribution < -0.4 is 16.0 Å². The molecule has 0 spiro atoms. The van der Waals surface area contributed by atoms with Gasteiger partial charge in [0.05, 0.1) is 11.6 Å². The number of thiocarbonyl (C=S) groups is 1. The number of rotatable bonds is 3. The fourth-order valence-corrected chi connectivity index (χ4v) is 3.30. The minimum absolute atomic E-state index is 0.181. The van der Waals surface area contributed by atoms with Crippen molar-refractivity contribution in [2.75, 3.05) is 5.32 Å². The standard InChI is InChI=1S/C19H18ClN3OS/c1-11-6-3-4-9-15(11)22-18(24)16-12(2)21-19(25)23-17(16)13-7-5-8-14(20)10-13/h3-10,17H,1-2H3,(H,22,24)(H2,21,23,25). The van der Waals surface area contributed by atoms with Crippen LogP contribution in [0.25, 0.3) is 0 Å². The molecule has 6 heteroatoms. The molecule has 0 saturated heterocycles. The summed E-state index contributed by atoms with van der Waals surface area (Å²) in [6, 6.07) is 14.7. The molecule has 1 heterocycles. The summed E-state index contributed by atoms with van der Waals surface area (Å²) in [4.78, 5) is 13.0. The maximum Gasteiger partial charge on any atom is 0.255 e. The lowest BCUT2D eigenvalue weighted by Gasteiger charge is -2.30. The molecule has 0 fully saturated rings. The fraction of sp³-hybridized carbons (Fsp3) is 0.158. The van der Waals surface area contributed by atoms with Gasteiger partial charge in [0.25, 0.3) is 5.91 Å². The van der Waals surface area contributed by atoms with Crippen molar-refractivity contribution >= 4 is 40.5 Å². The second kappa shape index (κ2) is 7.25. The van der Waals surface area contributed by atoms with Crippen LogP contribution in [-0.2, 0) is 4.79 Å². The zero-order valence-electron chi connectivity index (χ0n) is 13.9. The molecule has 128 valence electrons. The lowest BCUT2D eigenvalue weighted by molar-refractivity contribution is -0.113. The van der Waals surface area contributed by atoms with Crippen LogP contribution in [0.15, 0.2) is 59.8 Å². The molecule has 1 unspecified atom stereocenters. The van der Waals surface area contributed by atoms with Gasteiger partial charge in [-0.2, -0.15) is 0 Å². The highest BCUT2D eigenvalue weighted by Crippen LogP contribution is 2.29. The van der Waals surface area contributed by atoms with Crippen molar-refractivity contribution in [3.05, 3.63) is 76.0 Å². The fourth-order valence-electron chi connectivity index (χ4n) is 2.83. The second-order valence-electron chi connectivity index (χ2n) is 5.89. The molecule has 4 nitrogen and oxygen atoms in total. The Morgan fingerprint density at radius 2 is 1.92 bits per heavy atom. The number of hydrogen-bond donors (Lipinski definition) is 3. The molecule has 0 saturated carbocycles. The summed E-state index contributed by atoms with van der Waals surface area (Å²) in [7, 11) is 0. The number of aryl methyl sites for hydroxylation is 1. The molecular weight excluding hydrogens is 354 g/mol. The topological polar surface area (TPSA) is 53.2 Å². The molecule has 1 amide bonds. The van der Waals surface area contributed by atoms with E-state index in [9.17, 15) is 4.79 Å². The van der Waals surface area contributed by atoms with Crippen molar-refractivity contribution in [3.8, 4) is 0 Å². The van der Waals surface area contributed by atoms with Crippen molar-refractivity contribution < 1.29 is 4.79 Å². The molecule has 0 radical (unpaired) electrons. The molecule has 0 aromatic heterocycles. The number of halogens is 1. The Balaban J connectivity index is 1.97. The number of carbonyl (C=O) groups is 1. The van der Waals surface area contributed by atoms with Crippen LogP contribution in [0.4, 0.5) is 5.69 Å². The molecule has 3 rings (SSSR count). The average molecular weight is 372 g/mol. The molecule has 2 aromatic rings. The van der Waals surface area contributed by atoms with Gasteiger partial charge >= 0.3 is 0 Å². The maximum atomic E-state index is 13.0. The van der Waals surface area contributed by atoms with Gasteiger partial charge in [0.15, 0.2) is 5.11 Å². The Hall–Kier alpha value is -2.37. The number of amides is 1. The SMILES string of the molecule is CC1=C(C(=O)Nc2ccccc2C)C(c2cccc(Cl)c2)NC(=S)N1. The lowest BCUT2D eigenvalue weighted by Crippen LogP contribution is -2.45. The van der Waals surface area contributed by atoms with Crippen LogP contribution >= 0.6 is 23.8 Å². The van der Waals surface area contributed by atoms with E-state index in [1.54, 1.807) is 6.07 Å². The molecule has 1 atom stereocenters. The third kappa shape index (κ3) is 3.83. The van der Waals surface area contributed by atoms with E-state index in [1.807, 2.05) is 56.3 Å². The Morgan fingerprint density at radius 3 is 2.64 bits per heavy atom. The Labute approximate surface area is 157 Å². The van der Waals surface area contributed by atoms with Gasteiger partial charge in [-0.05, 0) is 55.4 Å². The summed E-state index contributed by atoms with van der Waals surface area (Å²) in [6.07, 6.45) is 0. The van der Waals surface area contributed by atoms with E-state index in [0.717, 1.165) is 22.5 Å². The second-order valence-corrected chi connectivity index (χ2v) is 6.74. The number of hydrogen-bond acceptors (Lipinski definition) is 2. The predicted molar refractivity (Wildman–Crippen MR) is 106 cm³/mol. The van der Waals surface area contributed by atoms with Crippen molar-refractivity contribution in [2.45, 2.75) is 19.9 Å². The van der Waals surface area contributed by atoms with E-state index < -0.39 is 0 Å². The third-order valence-corrected chi connectivity index (χ3v) is 4.54. The van der Waals surface area contributed by atoms with Gasteiger partial charge in [-0.3, -0.25) is 4.79 Å². The van der Waals surface area contributed by atoms with Crippen molar-refractivity contribution in [2.24, 2.45) is 0 Å². The largest absolute Gasteiger partial charge is 0.351 e. The van der Waals surface area contributed by atoms with E-state index in [2.05, 4.69) is 16.0 Å². The Morgan fingerprint density at radius 1 is 1.16 bits per heavy atom. The minimum Gasteiger partial charge on any atom is -0.351 e. The normalized spacial score (nSPS) is 16.9. The van der Waals surface area contributed by atoms with Crippen LogP contribution in [0.5, 0.6) is 0 Å². The van der Waals surface area contributed by atoms with Gasteiger partial charge in [-0.1, -0.05) is 41.9 Å². The molecule has 0 aliphatic carbocycles. The van der Waals surface area contributed by atoms with Crippen molar-refractivity contribution in [3.63, 3.8) is 0 Å². The monoisotopic (exact) mass is 371 g/mol. The van der Waals surface area contributed by atoms with E-state index in [1.165, 1.54) is 0 Å². The quantitative estimate of drug-likeness (QED) is 0.711. The van der Waals surface area contributed by atoms with Crippen LogP contribution in [0.1, 0.15) is 24.1 Å². The highest BCUT2D eigenvalue weighted by Gasteiger charge is 2.30. The van der Waals surface area contributed by atoms with E-state index in [0.29, 0.717) is 15.7 Å². The van der Waals surface area contributed by atoms with Crippen LogP contribution in [0.2, 0.25) is 5.02 Å². The summed E-state index contributed by atoms with van der Waals surface area (Å²) in [5.74, 6) is -0.181. The summed E-state index contributed by atoms with van der Waals surface area (Å²) >= 11 is 11.4. The number of anilines is 1. The summed E-state index contributed by atoms with van der Waals surface area (Å²) < 4.78 is 0. The van der Waals surface area contributed by atoms with Crippen LogP contribution in [0.3, 0.4) is 0 Å². The summed E-state index contributed by atoms with van der Waals surface area (Å²) in [5, 5.41) is 10.3. The van der Waals surface area contributed by atoms with E-state index in [-0.39, 0.29) is 11.9 Å². The van der Waals surface area contributed by atoms with Crippen LogP contribution in [0, 0.1) is 6.92 Å². The predicted octanol–water partition coefficient (Wildman–Crippen LogP) is 4.08. The van der Waals surface area contributed by atoms with Gasteiger partial charge in [0.1, 0.15) is 0 Å². The smallest absolute Gasteiger partial charge is 0.255 e. The van der Waals surface area contributed by atoms with E-state index >= 15 is 0 Å². The first-order valence-electron chi connectivity index (χ1n) is 7.86. The van der Waals surface area contributed by atoms with Gasteiger partial charge in [0, 0.05) is 16.4 Å². The number of benzene rings is 2. The zero-order valence-corrected chi connectivity index (χ0v) is 15.5. The Kier molecular flexibility index (Phi) is 5.06. The molecular formula is C19H18ClN3OS. The van der Waals surface area contributed by atoms with Gasteiger partial charge in [-0.25, -0.2) is 0 Å². The molecule has 1 aliphatic rings. The van der Waals surface area contributed by atoms with Gasteiger partial charge in [-0.15, -0.1) is 0 Å². The summed E-state index contributed by atoms with van der Waals surface area (Å²) in [6.45, 7) is 3.80. The van der Waals surface area contributed by atoms with Gasteiger partial charge in [0.2, 0.25) is 0 Å². The molecule has 2 aromatic carbocycles. The van der Waals surface area contributed by atoms with Crippen molar-refractivity contribution in [1.29, 1.82) is 0 Å². The van der Waals surface area contributed by atoms with Gasteiger partial charge < -0.3 is 16.0 Å². The number of para-hydroxylation sites is 1. The lowest BCUT2D eigenvalue weighted by atomic mass is 9.95. The first kappa shape index (κ1) is 17.5. The highest BCUT2D eigenvalue weighted by atomic mass is 35.5. The summed E-state index contributed by atoms with van der Waals surface area (Å²) in [5.41, 5.74) is 3.97. The number of nitrogens with one attached hydrogen (secondary N) is 3. The number of carbonyl (C=O) groups excluding carboxylic acids is 1. The van der Waals surface area contributed by atoms with E-state index in [4.69, 9.17) is 23.8 Å². The van der Waals surface area contributed by atoms with Crippen LogP contribution in [-0.4, -0.2) is 11.0 Å². The zero-order chi connectivity index (χ0) is 18.0. The molecule has 1 aliphatic heterocycles.